The van der Waals surface area contributed by atoms with Crippen LogP contribution in [0, 0.1) is 11.8 Å². The van der Waals surface area contributed by atoms with Crippen LogP contribution >= 0.6 is 0 Å². The summed E-state index contributed by atoms with van der Waals surface area (Å²) in [7, 11) is 0. The Labute approximate surface area is 89.2 Å². The minimum Gasteiger partial charge on any atom is -0.480 e. The molecule has 1 heterocycles. The SMILES string of the molecule is CC(C)C(NC(=O)CC1CNC1)C(=O)O. The second-order valence-electron chi connectivity index (χ2n) is 4.36. The van der Waals surface area contributed by atoms with E-state index in [1.54, 1.807) is 13.8 Å². The number of aliphatic carboxylic acids is 1. The van der Waals surface area contributed by atoms with Crippen LogP contribution in [0.25, 0.3) is 0 Å². The Bertz CT molecular complexity index is 249. The molecule has 15 heavy (non-hydrogen) atoms. The number of rotatable bonds is 5. The van der Waals surface area contributed by atoms with Gasteiger partial charge >= 0.3 is 5.97 Å². The number of carbonyl (C=O) groups excluding carboxylic acids is 1. The van der Waals surface area contributed by atoms with Gasteiger partial charge in [0, 0.05) is 6.42 Å². The third kappa shape index (κ3) is 3.51. The van der Waals surface area contributed by atoms with Crippen molar-refractivity contribution in [2.45, 2.75) is 26.3 Å². The van der Waals surface area contributed by atoms with Crippen LogP contribution in [-0.4, -0.2) is 36.1 Å². The normalized spacial score (nSPS) is 18.3. The molecule has 5 nitrogen and oxygen atoms in total. The topological polar surface area (TPSA) is 78.4 Å². The maximum absolute atomic E-state index is 11.5. The van der Waals surface area contributed by atoms with Crippen LogP contribution in [0.2, 0.25) is 0 Å². The Balaban J connectivity index is 2.36. The summed E-state index contributed by atoms with van der Waals surface area (Å²) >= 11 is 0. The summed E-state index contributed by atoms with van der Waals surface area (Å²) in [5, 5.41) is 14.5. The molecule has 86 valence electrons. The zero-order valence-electron chi connectivity index (χ0n) is 9.12. The van der Waals surface area contributed by atoms with Crippen molar-refractivity contribution in [2.75, 3.05) is 13.1 Å². The summed E-state index contributed by atoms with van der Waals surface area (Å²) in [4.78, 5) is 22.3. The first-order chi connectivity index (χ1) is 7.00. The van der Waals surface area contributed by atoms with Gasteiger partial charge in [0.2, 0.25) is 5.91 Å². The zero-order chi connectivity index (χ0) is 11.4. The number of carbonyl (C=O) groups is 2. The van der Waals surface area contributed by atoms with E-state index < -0.39 is 12.0 Å². The second-order valence-corrected chi connectivity index (χ2v) is 4.36. The molecule has 0 aromatic carbocycles. The summed E-state index contributed by atoms with van der Waals surface area (Å²) in [6.45, 7) is 5.27. The molecule has 1 aliphatic heterocycles. The van der Waals surface area contributed by atoms with Crippen molar-refractivity contribution in [2.24, 2.45) is 11.8 Å². The lowest BCUT2D eigenvalue weighted by atomic mass is 9.98. The van der Waals surface area contributed by atoms with Gasteiger partial charge in [-0.05, 0) is 24.9 Å². The highest BCUT2D eigenvalue weighted by atomic mass is 16.4. The van der Waals surface area contributed by atoms with Crippen molar-refractivity contribution in [1.82, 2.24) is 10.6 Å². The minimum atomic E-state index is -0.968. The van der Waals surface area contributed by atoms with Crippen molar-refractivity contribution >= 4 is 11.9 Å². The van der Waals surface area contributed by atoms with Crippen LogP contribution in [-0.2, 0) is 9.59 Å². The molecule has 1 saturated heterocycles. The number of hydrogen-bond acceptors (Lipinski definition) is 3. The molecule has 3 N–H and O–H groups in total. The first-order valence-electron chi connectivity index (χ1n) is 5.23. The average Bonchev–Trinajstić information content (AvgIpc) is 2.06. The van der Waals surface area contributed by atoms with E-state index in [9.17, 15) is 9.59 Å². The van der Waals surface area contributed by atoms with Gasteiger partial charge in [0.15, 0.2) is 0 Å². The quantitative estimate of drug-likeness (QED) is 0.593. The van der Waals surface area contributed by atoms with Crippen molar-refractivity contribution in [1.29, 1.82) is 0 Å². The lowest BCUT2D eigenvalue weighted by Crippen LogP contribution is -2.48. The van der Waals surface area contributed by atoms with Gasteiger partial charge in [-0.2, -0.15) is 0 Å². The van der Waals surface area contributed by atoms with Gasteiger partial charge in [-0.3, -0.25) is 4.79 Å². The molecule has 5 heteroatoms. The molecule has 1 unspecified atom stereocenters. The number of carboxylic acid groups (broad SMARTS) is 1. The molecule has 1 rings (SSSR count). The first-order valence-corrected chi connectivity index (χ1v) is 5.23. The molecule has 0 aromatic rings. The van der Waals surface area contributed by atoms with Crippen LogP contribution < -0.4 is 10.6 Å². The largest absolute Gasteiger partial charge is 0.480 e. The molecular formula is C10H18N2O3. The Morgan fingerprint density at radius 2 is 2.07 bits per heavy atom. The molecule has 0 spiro atoms. The highest BCUT2D eigenvalue weighted by Crippen LogP contribution is 2.09. The highest BCUT2D eigenvalue weighted by Gasteiger charge is 2.26. The fourth-order valence-corrected chi connectivity index (χ4v) is 1.50. The Morgan fingerprint density at radius 1 is 1.47 bits per heavy atom. The van der Waals surface area contributed by atoms with E-state index in [0.717, 1.165) is 13.1 Å². The van der Waals surface area contributed by atoms with E-state index in [-0.39, 0.29) is 11.8 Å². The summed E-state index contributed by atoms with van der Waals surface area (Å²) in [5.74, 6) is -0.856. The summed E-state index contributed by atoms with van der Waals surface area (Å²) in [6, 6.07) is -0.773. The van der Waals surface area contributed by atoms with Crippen molar-refractivity contribution < 1.29 is 14.7 Å². The van der Waals surface area contributed by atoms with Gasteiger partial charge in [0.1, 0.15) is 6.04 Å². The van der Waals surface area contributed by atoms with Crippen molar-refractivity contribution in [3.8, 4) is 0 Å². The van der Waals surface area contributed by atoms with E-state index in [0.29, 0.717) is 12.3 Å². The molecule has 0 aromatic heterocycles. The Morgan fingerprint density at radius 3 is 2.40 bits per heavy atom. The van der Waals surface area contributed by atoms with E-state index in [2.05, 4.69) is 10.6 Å². The molecule has 0 bridgehead atoms. The summed E-state index contributed by atoms with van der Waals surface area (Å²) in [5.41, 5.74) is 0. The fraction of sp³-hybridized carbons (Fsp3) is 0.800. The van der Waals surface area contributed by atoms with Crippen LogP contribution in [0.1, 0.15) is 20.3 Å². The zero-order valence-corrected chi connectivity index (χ0v) is 9.12. The second kappa shape index (κ2) is 5.11. The predicted octanol–water partition coefficient (Wildman–Crippen LogP) is -0.179. The van der Waals surface area contributed by atoms with E-state index >= 15 is 0 Å². The monoisotopic (exact) mass is 214 g/mol. The Hall–Kier alpha value is -1.10. The summed E-state index contributed by atoms with van der Waals surface area (Å²) < 4.78 is 0. The molecule has 1 amide bonds. The lowest BCUT2D eigenvalue weighted by molar-refractivity contribution is -0.143. The molecule has 1 aliphatic rings. The van der Waals surface area contributed by atoms with Crippen LogP contribution in [0.3, 0.4) is 0 Å². The van der Waals surface area contributed by atoms with Crippen LogP contribution in [0.5, 0.6) is 0 Å². The van der Waals surface area contributed by atoms with Gasteiger partial charge in [0.25, 0.3) is 0 Å². The van der Waals surface area contributed by atoms with Gasteiger partial charge in [-0.15, -0.1) is 0 Å². The molecule has 0 aliphatic carbocycles. The third-order valence-electron chi connectivity index (χ3n) is 2.59. The average molecular weight is 214 g/mol. The van der Waals surface area contributed by atoms with E-state index in [1.807, 2.05) is 0 Å². The van der Waals surface area contributed by atoms with E-state index in [1.165, 1.54) is 0 Å². The number of amides is 1. The molecule has 1 atom stereocenters. The van der Waals surface area contributed by atoms with E-state index in [4.69, 9.17) is 5.11 Å². The smallest absolute Gasteiger partial charge is 0.326 e. The number of carboxylic acids is 1. The molecule has 1 fully saturated rings. The van der Waals surface area contributed by atoms with Crippen LogP contribution in [0.15, 0.2) is 0 Å². The standard InChI is InChI=1S/C10H18N2O3/c1-6(2)9(10(14)15)12-8(13)3-7-4-11-5-7/h6-7,9,11H,3-5H2,1-2H3,(H,12,13)(H,14,15). The Kier molecular flexibility index (Phi) is 4.08. The lowest BCUT2D eigenvalue weighted by Gasteiger charge is -2.27. The van der Waals surface area contributed by atoms with Gasteiger partial charge in [-0.1, -0.05) is 13.8 Å². The molecule has 0 saturated carbocycles. The fourth-order valence-electron chi connectivity index (χ4n) is 1.50. The van der Waals surface area contributed by atoms with Crippen LogP contribution in [0.4, 0.5) is 0 Å². The predicted molar refractivity (Wildman–Crippen MR) is 55.4 cm³/mol. The number of nitrogens with one attached hydrogen (secondary N) is 2. The van der Waals surface area contributed by atoms with Gasteiger partial charge < -0.3 is 15.7 Å². The summed E-state index contributed by atoms with van der Waals surface area (Å²) in [6.07, 6.45) is 0.420. The van der Waals surface area contributed by atoms with Gasteiger partial charge in [0.05, 0.1) is 0 Å². The first kappa shape index (κ1) is 12.0. The third-order valence-corrected chi connectivity index (χ3v) is 2.59. The van der Waals surface area contributed by atoms with Gasteiger partial charge in [-0.25, -0.2) is 4.79 Å². The minimum absolute atomic E-state index is 0.0917. The van der Waals surface area contributed by atoms with Crippen molar-refractivity contribution in [3.63, 3.8) is 0 Å². The maximum Gasteiger partial charge on any atom is 0.326 e. The molecule has 0 radical (unpaired) electrons. The highest BCUT2D eigenvalue weighted by molar-refractivity contribution is 5.83. The molecular weight excluding hydrogens is 196 g/mol. The van der Waals surface area contributed by atoms with Crippen molar-refractivity contribution in [3.05, 3.63) is 0 Å². The number of hydrogen-bond donors (Lipinski definition) is 3. The maximum atomic E-state index is 11.5.